The van der Waals surface area contributed by atoms with Gasteiger partial charge >= 0.3 is 0 Å². The summed E-state index contributed by atoms with van der Waals surface area (Å²) in [5, 5.41) is 10.6. The summed E-state index contributed by atoms with van der Waals surface area (Å²) in [6.07, 6.45) is 4.71. The zero-order valence-electron chi connectivity index (χ0n) is 16.3. The van der Waals surface area contributed by atoms with Crippen LogP contribution in [0.3, 0.4) is 0 Å². The zero-order valence-corrected chi connectivity index (χ0v) is 17.9. The minimum Gasteiger partial charge on any atom is -0.324 e. The summed E-state index contributed by atoms with van der Waals surface area (Å²) in [5.74, 6) is -0.171. The number of halogens is 2. The molecule has 2 aromatic carbocycles. The van der Waals surface area contributed by atoms with Crippen LogP contribution in [0.1, 0.15) is 18.0 Å². The maximum Gasteiger partial charge on any atom is 0.234 e. The molecule has 10 heteroatoms. The maximum atomic E-state index is 13.2. The van der Waals surface area contributed by atoms with Crippen molar-refractivity contribution in [1.82, 2.24) is 20.8 Å². The van der Waals surface area contributed by atoms with Gasteiger partial charge in [0.15, 0.2) is 5.17 Å². The van der Waals surface area contributed by atoms with Gasteiger partial charge in [0.1, 0.15) is 12.0 Å². The highest BCUT2D eigenvalue weighted by atomic mass is 35.5. The number of amides is 1. The van der Waals surface area contributed by atoms with E-state index in [1.165, 1.54) is 23.9 Å². The van der Waals surface area contributed by atoms with Crippen molar-refractivity contribution < 1.29 is 9.18 Å². The lowest BCUT2D eigenvalue weighted by Crippen LogP contribution is -2.54. The first-order valence-corrected chi connectivity index (χ1v) is 11.2. The molecule has 3 N–H and O–H groups in total. The number of hydrazone groups is 1. The van der Waals surface area contributed by atoms with E-state index >= 15 is 0 Å². The highest BCUT2D eigenvalue weighted by Crippen LogP contribution is 2.35. The summed E-state index contributed by atoms with van der Waals surface area (Å²) in [7, 11) is 0. The van der Waals surface area contributed by atoms with Crippen LogP contribution in [0.4, 0.5) is 10.1 Å². The number of rotatable bonds is 4. The number of hydrazine groups is 1. The van der Waals surface area contributed by atoms with E-state index in [1.807, 2.05) is 41.6 Å². The first kappa shape index (κ1) is 20.2. The Balaban J connectivity index is 1.19. The number of hydrogen-bond donors (Lipinski definition) is 3. The van der Waals surface area contributed by atoms with Crippen molar-refractivity contribution >= 4 is 40.1 Å². The van der Waals surface area contributed by atoms with Crippen molar-refractivity contribution in [2.75, 3.05) is 11.1 Å². The van der Waals surface area contributed by atoms with Crippen LogP contribution >= 0.6 is 23.4 Å². The number of para-hydroxylation sites is 1. The Hall–Kier alpha value is -2.75. The largest absolute Gasteiger partial charge is 0.324 e. The summed E-state index contributed by atoms with van der Waals surface area (Å²) in [5.41, 5.74) is 8.29. The van der Waals surface area contributed by atoms with Crippen molar-refractivity contribution in [3.63, 3.8) is 0 Å². The molecule has 0 spiro atoms. The number of fused-ring (bicyclic) bond motifs is 3. The smallest absolute Gasteiger partial charge is 0.234 e. The predicted octanol–water partition coefficient (Wildman–Crippen LogP) is 3.46. The number of amidine groups is 1. The third-order valence-corrected chi connectivity index (χ3v) is 6.75. The van der Waals surface area contributed by atoms with Gasteiger partial charge in [-0.05, 0) is 36.2 Å². The van der Waals surface area contributed by atoms with Crippen LogP contribution in [-0.4, -0.2) is 38.9 Å². The van der Waals surface area contributed by atoms with Gasteiger partial charge in [0.25, 0.3) is 0 Å². The topological polar surface area (TPSA) is 72.0 Å². The summed E-state index contributed by atoms with van der Waals surface area (Å²) >= 11 is 7.46. The van der Waals surface area contributed by atoms with Crippen molar-refractivity contribution in [2.45, 2.75) is 24.7 Å². The fourth-order valence-corrected chi connectivity index (χ4v) is 4.90. The zero-order chi connectivity index (χ0) is 21.4. The normalized spacial score (nSPS) is 23.8. The van der Waals surface area contributed by atoms with Gasteiger partial charge in [-0.3, -0.25) is 10.2 Å². The van der Waals surface area contributed by atoms with Gasteiger partial charge in [-0.15, -0.1) is 0 Å². The summed E-state index contributed by atoms with van der Waals surface area (Å²) in [6.45, 7) is 0. The van der Waals surface area contributed by atoms with E-state index in [2.05, 4.69) is 26.3 Å². The van der Waals surface area contributed by atoms with Gasteiger partial charge < -0.3 is 15.2 Å². The van der Waals surface area contributed by atoms with Crippen molar-refractivity contribution in [1.29, 1.82) is 0 Å². The van der Waals surface area contributed by atoms with E-state index in [1.54, 1.807) is 12.1 Å². The molecule has 3 atom stereocenters. The first-order valence-electron chi connectivity index (χ1n) is 9.85. The average molecular weight is 459 g/mol. The molecule has 7 nitrogen and oxygen atoms in total. The second-order valence-electron chi connectivity index (χ2n) is 7.43. The molecule has 2 aromatic rings. The van der Waals surface area contributed by atoms with Gasteiger partial charge in [-0.25, -0.2) is 9.82 Å². The Morgan fingerprint density at radius 3 is 2.84 bits per heavy atom. The van der Waals surface area contributed by atoms with Gasteiger partial charge in [-0.2, -0.15) is 5.10 Å². The minimum atomic E-state index is -0.239. The van der Waals surface area contributed by atoms with Crippen LogP contribution in [0.5, 0.6) is 0 Å². The molecule has 0 aliphatic carbocycles. The molecule has 0 saturated carbocycles. The van der Waals surface area contributed by atoms with E-state index in [9.17, 15) is 9.18 Å². The number of anilines is 1. The molecule has 1 amide bonds. The van der Waals surface area contributed by atoms with Crippen LogP contribution in [0, 0.1) is 5.82 Å². The van der Waals surface area contributed by atoms with E-state index in [-0.39, 0.29) is 35.7 Å². The van der Waals surface area contributed by atoms with Gasteiger partial charge in [-0.1, -0.05) is 47.6 Å². The molecule has 3 aliphatic rings. The molecular formula is C21H20ClFN6OS. The maximum absolute atomic E-state index is 13.2. The Kier molecular flexibility index (Phi) is 5.47. The van der Waals surface area contributed by atoms with Crippen LogP contribution in [0.15, 0.2) is 66.0 Å². The molecule has 0 aromatic heterocycles. The van der Waals surface area contributed by atoms with Crippen LogP contribution in [0.25, 0.3) is 0 Å². The van der Waals surface area contributed by atoms with Crippen LogP contribution < -0.4 is 16.2 Å². The van der Waals surface area contributed by atoms with Crippen molar-refractivity contribution in [3.05, 3.63) is 77.3 Å². The third-order valence-electron chi connectivity index (χ3n) is 5.46. The lowest BCUT2D eigenvalue weighted by molar-refractivity contribution is -0.113. The monoisotopic (exact) mass is 458 g/mol. The molecule has 3 unspecified atom stereocenters. The molecule has 1 saturated heterocycles. The van der Waals surface area contributed by atoms with Crippen LogP contribution in [0.2, 0.25) is 5.02 Å². The number of nitrogens with one attached hydrogen (secondary N) is 3. The molecule has 5 rings (SSSR count). The van der Waals surface area contributed by atoms with E-state index in [0.717, 1.165) is 17.2 Å². The van der Waals surface area contributed by atoms with Gasteiger partial charge in [0.2, 0.25) is 5.91 Å². The Morgan fingerprint density at radius 2 is 2.03 bits per heavy atom. The second-order valence-corrected chi connectivity index (χ2v) is 8.78. The highest BCUT2D eigenvalue weighted by Gasteiger charge is 2.44. The molecular weight excluding hydrogens is 439 g/mol. The quantitative estimate of drug-likeness (QED) is 0.651. The number of hydrogen-bond acceptors (Lipinski definition) is 7. The Morgan fingerprint density at radius 1 is 1.23 bits per heavy atom. The number of thioether (sulfide) groups is 1. The summed E-state index contributed by atoms with van der Waals surface area (Å²) < 4.78 is 13.2. The highest BCUT2D eigenvalue weighted by molar-refractivity contribution is 8.14. The standard InChI is InChI=1S/C21H20ClFN6OS/c22-15-3-1-2-4-16(15)24-19(30)12-31-21-26-25-20-18-11-17(13-5-7-14(23)8-6-13)27-29(18)10-9-28(20)21/h1-10,17-18,20,25,27H,11-12H2,(H,24,30). The number of carbonyl (C=O) groups excluding carboxylic acids is 1. The fraction of sp³-hybridized carbons (Fsp3) is 0.238. The van der Waals surface area contributed by atoms with E-state index in [0.29, 0.717) is 10.7 Å². The fourth-order valence-electron chi connectivity index (χ4n) is 3.94. The second kappa shape index (κ2) is 8.41. The van der Waals surface area contributed by atoms with E-state index in [4.69, 9.17) is 11.6 Å². The summed E-state index contributed by atoms with van der Waals surface area (Å²) in [4.78, 5) is 14.4. The van der Waals surface area contributed by atoms with Crippen molar-refractivity contribution in [2.24, 2.45) is 5.10 Å². The van der Waals surface area contributed by atoms with Gasteiger partial charge in [0, 0.05) is 12.4 Å². The third kappa shape index (κ3) is 4.08. The number of nitrogens with zero attached hydrogens (tertiary/aromatic N) is 3. The van der Waals surface area contributed by atoms with Crippen LogP contribution in [-0.2, 0) is 4.79 Å². The lowest BCUT2D eigenvalue weighted by atomic mass is 10.00. The molecule has 0 radical (unpaired) electrons. The predicted molar refractivity (Wildman–Crippen MR) is 120 cm³/mol. The summed E-state index contributed by atoms with van der Waals surface area (Å²) in [6, 6.07) is 14.0. The number of benzene rings is 2. The Labute approximate surface area is 188 Å². The molecule has 1 fully saturated rings. The average Bonchev–Trinajstić information content (AvgIpc) is 3.38. The molecule has 3 aliphatic heterocycles. The minimum absolute atomic E-state index is 0.0444. The molecule has 0 bridgehead atoms. The van der Waals surface area contributed by atoms with Crippen molar-refractivity contribution in [3.8, 4) is 0 Å². The molecule has 160 valence electrons. The molecule has 31 heavy (non-hydrogen) atoms. The SMILES string of the molecule is O=C(CSC1=NNC2C3CC(c4ccc(F)cc4)NN3C=CN12)Nc1ccccc1Cl. The number of carbonyl (C=O) groups is 1. The molecule has 3 heterocycles. The van der Waals surface area contributed by atoms with Gasteiger partial charge in [0.05, 0.1) is 28.5 Å². The Bertz CT molecular complexity index is 1050. The lowest BCUT2D eigenvalue weighted by Gasteiger charge is -2.36. The van der Waals surface area contributed by atoms with E-state index < -0.39 is 0 Å². The first-order chi connectivity index (χ1) is 15.1.